The van der Waals surface area contributed by atoms with E-state index >= 15 is 0 Å². The number of nitrogens with zero attached hydrogens (tertiary/aromatic N) is 3. The average molecular weight is 236 g/mol. The van der Waals surface area contributed by atoms with Crippen molar-refractivity contribution in [1.82, 2.24) is 9.38 Å². The highest BCUT2D eigenvalue weighted by Crippen LogP contribution is 2.22. The number of pyridine rings is 1. The normalized spacial score (nSPS) is 12.9. The lowest BCUT2D eigenvalue weighted by molar-refractivity contribution is -0.387. The number of aromatic nitrogens is 2. The molecule has 7 nitrogen and oxygen atoms in total. The van der Waals surface area contributed by atoms with Crippen molar-refractivity contribution in [3.63, 3.8) is 0 Å². The van der Waals surface area contributed by atoms with E-state index in [0.717, 1.165) is 0 Å². The fourth-order valence-electron chi connectivity index (χ4n) is 1.70. The van der Waals surface area contributed by atoms with E-state index in [9.17, 15) is 15.2 Å². The Hall–Kier alpha value is -1.99. The highest BCUT2D eigenvalue weighted by Gasteiger charge is 2.20. The molecule has 7 heteroatoms. The molecule has 2 aromatic heterocycles. The summed E-state index contributed by atoms with van der Waals surface area (Å²) >= 11 is 0. The number of imidazole rings is 1. The van der Waals surface area contributed by atoms with E-state index in [1.165, 1.54) is 0 Å². The van der Waals surface area contributed by atoms with Crippen LogP contribution in [0.4, 0.5) is 5.82 Å². The topological polar surface area (TPSA) is 107 Å². The van der Waals surface area contributed by atoms with Crippen molar-refractivity contribution < 1.29 is 10.0 Å². The number of hydrogen-bond acceptors (Lipinski definition) is 5. The molecule has 0 aliphatic heterocycles. The third kappa shape index (κ3) is 1.85. The lowest BCUT2D eigenvalue weighted by Gasteiger charge is -2.07. The first-order valence-corrected chi connectivity index (χ1v) is 5.05. The van der Waals surface area contributed by atoms with Crippen LogP contribution in [0, 0.1) is 17.0 Å². The predicted octanol–water partition coefficient (Wildman–Crippen LogP) is 0.543. The summed E-state index contributed by atoms with van der Waals surface area (Å²) in [7, 11) is 0. The minimum Gasteiger partial charge on any atom is -0.387 e. The second kappa shape index (κ2) is 4.11. The van der Waals surface area contributed by atoms with Gasteiger partial charge >= 0.3 is 5.82 Å². The molecule has 0 spiro atoms. The quantitative estimate of drug-likeness (QED) is 0.597. The molecule has 1 unspecified atom stereocenters. The van der Waals surface area contributed by atoms with Crippen LogP contribution in [0.15, 0.2) is 18.3 Å². The number of aliphatic hydroxyl groups is 1. The summed E-state index contributed by atoms with van der Waals surface area (Å²) in [4.78, 5) is 14.1. The van der Waals surface area contributed by atoms with Crippen molar-refractivity contribution >= 4 is 11.3 Å². The van der Waals surface area contributed by atoms with Gasteiger partial charge in [0.1, 0.15) is 5.52 Å². The van der Waals surface area contributed by atoms with Gasteiger partial charge in [-0.15, -0.1) is 0 Å². The van der Waals surface area contributed by atoms with Gasteiger partial charge in [0.2, 0.25) is 5.82 Å². The Morgan fingerprint density at radius 1 is 1.65 bits per heavy atom. The molecule has 0 aliphatic rings. The van der Waals surface area contributed by atoms with Crippen LogP contribution in [-0.4, -0.2) is 26.0 Å². The average Bonchev–Trinajstić information content (AvgIpc) is 2.65. The zero-order chi connectivity index (χ0) is 12.6. The molecule has 0 aromatic carbocycles. The van der Waals surface area contributed by atoms with Gasteiger partial charge in [0.05, 0.1) is 6.10 Å². The lowest BCUT2D eigenvalue weighted by Crippen LogP contribution is -2.12. The van der Waals surface area contributed by atoms with Gasteiger partial charge < -0.3 is 21.0 Å². The number of rotatable bonds is 3. The molecule has 0 bridgehead atoms. The van der Waals surface area contributed by atoms with Gasteiger partial charge in [0.15, 0.2) is 0 Å². The molecule has 3 N–H and O–H groups in total. The van der Waals surface area contributed by atoms with E-state index in [1.54, 1.807) is 29.7 Å². The largest absolute Gasteiger partial charge is 0.389 e. The van der Waals surface area contributed by atoms with Crippen LogP contribution in [0.3, 0.4) is 0 Å². The van der Waals surface area contributed by atoms with Gasteiger partial charge in [-0.2, -0.15) is 0 Å². The number of aryl methyl sites for hydroxylation is 1. The number of nitrogens with two attached hydrogens (primary N) is 1. The van der Waals surface area contributed by atoms with E-state index in [1.807, 2.05) is 0 Å². The summed E-state index contributed by atoms with van der Waals surface area (Å²) in [6.45, 7) is 1.76. The maximum absolute atomic E-state index is 10.8. The summed E-state index contributed by atoms with van der Waals surface area (Å²) in [5.41, 5.74) is 6.37. The molecule has 0 saturated carbocycles. The van der Waals surface area contributed by atoms with Crippen LogP contribution in [0.5, 0.6) is 0 Å². The molecular weight excluding hydrogens is 224 g/mol. The number of fused-ring (bicyclic) bond motifs is 1. The first-order chi connectivity index (χ1) is 8.04. The summed E-state index contributed by atoms with van der Waals surface area (Å²) < 4.78 is 1.58. The Kier molecular flexibility index (Phi) is 2.78. The first-order valence-electron chi connectivity index (χ1n) is 5.05. The molecule has 17 heavy (non-hydrogen) atoms. The van der Waals surface area contributed by atoms with Gasteiger partial charge in [-0.25, -0.2) is 0 Å². The van der Waals surface area contributed by atoms with Crippen LogP contribution >= 0.6 is 0 Å². The van der Waals surface area contributed by atoms with Crippen LogP contribution < -0.4 is 5.73 Å². The predicted molar refractivity (Wildman–Crippen MR) is 60.6 cm³/mol. The molecule has 1 atom stereocenters. The minimum atomic E-state index is -0.778. The number of nitro groups is 1. The monoisotopic (exact) mass is 236 g/mol. The van der Waals surface area contributed by atoms with Crippen LogP contribution in [0.2, 0.25) is 0 Å². The lowest BCUT2D eigenvalue weighted by atomic mass is 10.1. The molecule has 90 valence electrons. The van der Waals surface area contributed by atoms with Crippen LogP contribution in [-0.2, 0) is 0 Å². The number of aliphatic hydroxyl groups excluding tert-OH is 1. The Balaban J connectivity index is 2.63. The molecule has 0 fully saturated rings. The molecule has 2 heterocycles. The third-order valence-corrected chi connectivity index (χ3v) is 2.60. The van der Waals surface area contributed by atoms with Gasteiger partial charge in [-0.3, -0.25) is 4.40 Å². The molecule has 0 radical (unpaired) electrons. The van der Waals surface area contributed by atoms with E-state index in [4.69, 9.17) is 5.73 Å². The summed E-state index contributed by atoms with van der Waals surface area (Å²) in [6.07, 6.45) is 0.836. The highest BCUT2D eigenvalue weighted by atomic mass is 16.6. The van der Waals surface area contributed by atoms with Gasteiger partial charge in [0.25, 0.3) is 0 Å². The molecule has 0 amide bonds. The summed E-state index contributed by atoms with van der Waals surface area (Å²) in [5.74, 6) is 0.314. The van der Waals surface area contributed by atoms with E-state index in [0.29, 0.717) is 16.9 Å². The maximum Gasteiger partial charge on any atom is 0.389 e. The van der Waals surface area contributed by atoms with Crippen molar-refractivity contribution in [2.45, 2.75) is 13.0 Å². The second-order valence-corrected chi connectivity index (χ2v) is 3.71. The zero-order valence-electron chi connectivity index (χ0n) is 9.20. The minimum absolute atomic E-state index is 0.0986. The zero-order valence-corrected chi connectivity index (χ0v) is 9.20. The standard InChI is InChI=1S/C10H12N4O3/c1-6-12-10(14(16)17)8-3-2-7(5-13(6)8)9(15)4-11/h2-3,5,9,15H,4,11H2,1H3. The molecule has 0 saturated heterocycles. The van der Waals surface area contributed by atoms with Crippen molar-refractivity contribution in [2.75, 3.05) is 6.54 Å². The Morgan fingerprint density at radius 2 is 2.35 bits per heavy atom. The fraction of sp³-hybridized carbons (Fsp3) is 0.300. The summed E-state index contributed by atoms with van der Waals surface area (Å²) in [5, 5.41) is 20.4. The van der Waals surface area contributed by atoms with E-state index in [2.05, 4.69) is 4.98 Å². The molecule has 0 aliphatic carbocycles. The molecule has 2 rings (SSSR count). The second-order valence-electron chi connectivity index (χ2n) is 3.71. The van der Waals surface area contributed by atoms with Crippen molar-refractivity contribution in [1.29, 1.82) is 0 Å². The maximum atomic E-state index is 10.8. The first kappa shape index (κ1) is 11.5. The third-order valence-electron chi connectivity index (χ3n) is 2.60. The van der Waals surface area contributed by atoms with Crippen LogP contribution in [0.25, 0.3) is 5.52 Å². The Labute approximate surface area is 96.7 Å². The van der Waals surface area contributed by atoms with Gasteiger partial charge in [-0.05, 0) is 21.5 Å². The van der Waals surface area contributed by atoms with Crippen molar-refractivity contribution in [2.24, 2.45) is 5.73 Å². The van der Waals surface area contributed by atoms with E-state index < -0.39 is 11.0 Å². The smallest absolute Gasteiger partial charge is 0.387 e. The van der Waals surface area contributed by atoms with E-state index in [-0.39, 0.29) is 12.4 Å². The van der Waals surface area contributed by atoms with Gasteiger partial charge in [0, 0.05) is 19.7 Å². The summed E-state index contributed by atoms with van der Waals surface area (Å²) in [6, 6.07) is 3.17. The van der Waals surface area contributed by atoms with Crippen molar-refractivity contribution in [3.05, 3.63) is 39.8 Å². The van der Waals surface area contributed by atoms with Crippen LogP contribution in [0.1, 0.15) is 17.5 Å². The SMILES string of the molecule is Cc1nc([N+](=O)[O-])c2ccc(C(O)CN)cn12. The fourth-order valence-corrected chi connectivity index (χ4v) is 1.70. The van der Waals surface area contributed by atoms with Crippen molar-refractivity contribution in [3.8, 4) is 0 Å². The van der Waals surface area contributed by atoms with Gasteiger partial charge in [-0.1, -0.05) is 6.07 Å². The highest BCUT2D eigenvalue weighted by molar-refractivity contribution is 5.62. The number of hydrogen-bond donors (Lipinski definition) is 2. The molecular formula is C10H12N4O3. The molecule has 2 aromatic rings. The Morgan fingerprint density at radius 3 is 2.94 bits per heavy atom. The Bertz CT molecular complexity index is 578.